The molecule has 0 saturated carbocycles. The molecule has 2 rings (SSSR count). The molecule has 2 aliphatic heterocycles. The van der Waals surface area contributed by atoms with Crippen LogP contribution in [0.25, 0.3) is 0 Å². The number of aliphatic hydroxyl groups excluding tert-OH is 3. The van der Waals surface area contributed by atoms with Crippen LogP contribution < -0.4 is 0 Å². The second kappa shape index (κ2) is 3.81. The van der Waals surface area contributed by atoms with Gasteiger partial charge >= 0.3 is 5.97 Å². The molecular formula is C10H14O6. The summed E-state index contributed by atoms with van der Waals surface area (Å²) >= 11 is 0. The Balaban J connectivity index is 2.28. The van der Waals surface area contributed by atoms with Crippen molar-refractivity contribution in [2.75, 3.05) is 6.61 Å². The molecule has 1 spiro atoms. The predicted octanol–water partition coefficient (Wildman–Crippen LogP) is -1.31. The third-order valence-electron chi connectivity index (χ3n) is 2.98. The quantitative estimate of drug-likeness (QED) is 0.484. The van der Waals surface area contributed by atoms with Crippen molar-refractivity contribution < 1.29 is 29.6 Å². The van der Waals surface area contributed by atoms with Gasteiger partial charge in [-0.2, -0.15) is 0 Å². The van der Waals surface area contributed by atoms with Gasteiger partial charge in [0.2, 0.25) is 0 Å². The molecule has 0 aliphatic carbocycles. The predicted molar refractivity (Wildman–Crippen MR) is 51.2 cm³/mol. The fourth-order valence-electron chi connectivity index (χ4n) is 2.06. The van der Waals surface area contributed by atoms with Gasteiger partial charge in [-0.25, -0.2) is 4.79 Å². The number of esters is 1. The Hall–Kier alpha value is -0.950. The van der Waals surface area contributed by atoms with Crippen LogP contribution in [0.15, 0.2) is 11.6 Å². The van der Waals surface area contributed by atoms with Gasteiger partial charge in [-0.1, -0.05) is 0 Å². The highest BCUT2D eigenvalue weighted by atomic mass is 16.7. The number of hydrogen-bond donors (Lipinski definition) is 3. The van der Waals surface area contributed by atoms with Crippen LogP contribution in [-0.4, -0.2) is 52.0 Å². The minimum atomic E-state index is -1.54. The minimum absolute atomic E-state index is 0.0102. The summed E-state index contributed by atoms with van der Waals surface area (Å²) in [5.74, 6) is -2.13. The van der Waals surface area contributed by atoms with Crippen molar-refractivity contribution >= 4 is 5.97 Å². The lowest BCUT2D eigenvalue weighted by Gasteiger charge is -2.43. The first-order chi connectivity index (χ1) is 7.49. The van der Waals surface area contributed by atoms with Gasteiger partial charge in [0.05, 0.1) is 12.7 Å². The average Bonchev–Trinajstić information content (AvgIpc) is 2.49. The van der Waals surface area contributed by atoms with E-state index in [-0.39, 0.29) is 6.42 Å². The highest BCUT2D eigenvalue weighted by Crippen LogP contribution is 2.39. The molecule has 0 aromatic heterocycles. The van der Waals surface area contributed by atoms with Crippen LogP contribution >= 0.6 is 0 Å². The summed E-state index contributed by atoms with van der Waals surface area (Å²) in [7, 11) is 0. The van der Waals surface area contributed by atoms with Crippen LogP contribution in [0.5, 0.6) is 0 Å². The van der Waals surface area contributed by atoms with Gasteiger partial charge in [-0.05, 0) is 6.92 Å². The van der Waals surface area contributed by atoms with E-state index >= 15 is 0 Å². The number of carbonyl (C=O) groups excluding carboxylic acids is 1. The fraction of sp³-hybridized carbons (Fsp3) is 0.700. The number of aliphatic hydroxyl groups is 3. The Bertz CT molecular complexity index is 338. The third-order valence-corrected chi connectivity index (χ3v) is 2.98. The number of rotatable bonds is 1. The molecule has 0 aromatic carbocycles. The van der Waals surface area contributed by atoms with Crippen LogP contribution in [-0.2, 0) is 14.3 Å². The highest BCUT2D eigenvalue weighted by Gasteiger charge is 2.54. The molecule has 6 heteroatoms. The molecule has 2 aliphatic rings. The molecule has 1 saturated heterocycles. The monoisotopic (exact) mass is 230 g/mol. The van der Waals surface area contributed by atoms with Gasteiger partial charge in [-0.15, -0.1) is 0 Å². The molecule has 16 heavy (non-hydrogen) atoms. The number of carbonyl (C=O) groups is 1. The lowest BCUT2D eigenvalue weighted by molar-refractivity contribution is -0.303. The van der Waals surface area contributed by atoms with Crippen LogP contribution in [0.4, 0.5) is 0 Å². The molecule has 0 amide bonds. The normalized spacial score (nSPS) is 43.4. The van der Waals surface area contributed by atoms with Gasteiger partial charge in [0, 0.05) is 18.1 Å². The van der Waals surface area contributed by atoms with E-state index in [0.717, 1.165) is 0 Å². The SMILES string of the molecule is CC1=CC(=O)OC12OC(CO)C(O)CC2O. The van der Waals surface area contributed by atoms with Crippen molar-refractivity contribution in [3.05, 3.63) is 11.6 Å². The van der Waals surface area contributed by atoms with Gasteiger partial charge < -0.3 is 24.8 Å². The second-order valence-corrected chi connectivity index (χ2v) is 4.07. The lowest BCUT2D eigenvalue weighted by atomic mass is 9.92. The third kappa shape index (κ3) is 1.54. The summed E-state index contributed by atoms with van der Waals surface area (Å²) in [6.07, 6.45) is -1.75. The summed E-state index contributed by atoms with van der Waals surface area (Å²) in [6, 6.07) is 0. The van der Waals surface area contributed by atoms with E-state index in [9.17, 15) is 15.0 Å². The summed E-state index contributed by atoms with van der Waals surface area (Å²) in [4.78, 5) is 11.1. The van der Waals surface area contributed by atoms with E-state index in [4.69, 9.17) is 14.6 Å². The Kier molecular flexibility index (Phi) is 2.75. The van der Waals surface area contributed by atoms with Crippen molar-refractivity contribution in [3.8, 4) is 0 Å². The first-order valence-corrected chi connectivity index (χ1v) is 5.06. The molecule has 2 heterocycles. The van der Waals surface area contributed by atoms with Gasteiger partial charge in [-0.3, -0.25) is 0 Å². The molecule has 4 unspecified atom stereocenters. The summed E-state index contributed by atoms with van der Waals surface area (Å²) < 4.78 is 10.3. The molecule has 0 radical (unpaired) electrons. The van der Waals surface area contributed by atoms with E-state index in [0.29, 0.717) is 5.57 Å². The van der Waals surface area contributed by atoms with Gasteiger partial charge in [0.25, 0.3) is 5.79 Å². The summed E-state index contributed by atoms with van der Waals surface area (Å²) in [5, 5.41) is 28.4. The smallest absolute Gasteiger partial charge is 0.333 e. The maximum atomic E-state index is 11.1. The van der Waals surface area contributed by atoms with Gasteiger partial charge in [0.1, 0.15) is 12.2 Å². The molecule has 0 bridgehead atoms. The second-order valence-electron chi connectivity index (χ2n) is 4.07. The van der Waals surface area contributed by atoms with E-state index in [1.807, 2.05) is 0 Å². The molecule has 90 valence electrons. The largest absolute Gasteiger partial charge is 0.423 e. The van der Waals surface area contributed by atoms with Crippen LogP contribution in [0.2, 0.25) is 0 Å². The highest BCUT2D eigenvalue weighted by molar-refractivity contribution is 5.86. The van der Waals surface area contributed by atoms with Crippen LogP contribution in [0.1, 0.15) is 13.3 Å². The molecule has 1 fully saturated rings. The van der Waals surface area contributed by atoms with E-state index in [1.54, 1.807) is 6.92 Å². The van der Waals surface area contributed by atoms with Crippen molar-refractivity contribution in [1.82, 2.24) is 0 Å². The standard InChI is InChI=1S/C10H14O6/c1-5-2-9(14)16-10(5)8(13)3-6(12)7(4-11)15-10/h2,6-8,11-13H,3-4H2,1H3. The van der Waals surface area contributed by atoms with E-state index in [1.165, 1.54) is 6.08 Å². The zero-order chi connectivity index (χ0) is 11.9. The van der Waals surface area contributed by atoms with Crippen molar-refractivity contribution in [2.24, 2.45) is 0 Å². The Morgan fingerprint density at radius 3 is 2.75 bits per heavy atom. The molecular weight excluding hydrogens is 216 g/mol. The molecule has 0 aromatic rings. The summed E-state index contributed by atoms with van der Waals surface area (Å²) in [5.41, 5.74) is 0.440. The Labute approximate surface area is 92.1 Å². The zero-order valence-electron chi connectivity index (χ0n) is 8.79. The molecule has 3 N–H and O–H groups in total. The minimum Gasteiger partial charge on any atom is -0.423 e. The molecule has 6 nitrogen and oxygen atoms in total. The Morgan fingerprint density at radius 1 is 1.56 bits per heavy atom. The molecule has 4 atom stereocenters. The summed E-state index contributed by atoms with van der Waals surface area (Å²) in [6.45, 7) is 1.20. The van der Waals surface area contributed by atoms with E-state index in [2.05, 4.69) is 0 Å². The van der Waals surface area contributed by atoms with Crippen LogP contribution in [0, 0.1) is 0 Å². The number of ether oxygens (including phenoxy) is 2. The van der Waals surface area contributed by atoms with Crippen molar-refractivity contribution in [1.29, 1.82) is 0 Å². The zero-order valence-corrected chi connectivity index (χ0v) is 8.79. The van der Waals surface area contributed by atoms with E-state index < -0.39 is 36.7 Å². The fourth-order valence-corrected chi connectivity index (χ4v) is 2.06. The number of hydrogen-bond acceptors (Lipinski definition) is 6. The maximum absolute atomic E-state index is 11.1. The van der Waals surface area contributed by atoms with Crippen molar-refractivity contribution in [3.63, 3.8) is 0 Å². The first-order valence-electron chi connectivity index (χ1n) is 5.06. The average molecular weight is 230 g/mol. The van der Waals surface area contributed by atoms with Crippen LogP contribution in [0.3, 0.4) is 0 Å². The lowest BCUT2D eigenvalue weighted by Crippen LogP contribution is -2.58. The Morgan fingerprint density at radius 2 is 2.25 bits per heavy atom. The van der Waals surface area contributed by atoms with Gasteiger partial charge in [0.15, 0.2) is 0 Å². The topological polar surface area (TPSA) is 96.2 Å². The maximum Gasteiger partial charge on any atom is 0.333 e. The van der Waals surface area contributed by atoms with Crippen molar-refractivity contribution in [2.45, 2.75) is 37.4 Å². The first kappa shape index (κ1) is 11.5.